The first-order valence-corrected chi connectivity index (χ1v) is 11.5. The maximum absolute atomic E-state index is 7.62. The van der Waals surface area contributed by atoms with Crippen molar-refractivity contribution >= 4 is 54.7 Å². The number of pyridine rings is 2. The Bertz CT molecular complexity index is 1990. The van der Waals surface area contributed by atoms with E-state index in [-0.39, 0.29) is 0 Å². The number of nitrogens with zero attached hydrogens (tertiary/aromatic N) is 3. The summed E-state index contributed by atoms with van der Waals surface area (Å²) < 4.78 is 4.67. The lowest BCUT2D eigenvalue weighted by molar-refractivity contribution is -0.643. The molecule has 0 bridgehead atoms. The summed E-state index contributed by atoms with van der Waals surface area (Å²) in [5, 5.41) is 6.23. The molecule has 34 heavy (non-hydrogen) atoms. The van der Waals surface area contributed by atoms with Gasteiger partial charge in [0.2, 0.25) is 5.52 Å². The van der Waals surface area contributed by atoms with Crippen LogP contribution in [0.3, 0.4) is 0 Å². The summed E-state index contributed by atoms with van der Waals surface area (Å²) in [6.07, 6.45) is 2.18. The lowest BCUT2D eigenvalue weighted by Gasteiger charge is -2.15. The van der Waals surface area contributed by atoms with Gasteiger partial charge in [-0.3, -0.25) is 0 Å². The molecule has 0 atom stereocenters. The Hall–Kier alpha value is -4.42. The fourth-order valence-corrected chi connectivity index (χ4v) is 5.76. The first-order valence-electron chi connectivity index (χ1n) is 11.5. The third kappa shape index (κ3) is 2.32. The van der Waals surface area contributed by atoms with Gasteiger partial charge in [-0.15, -0.1) is 0 Å². The molecule has 7 rings (SSSR count). The molecular formula is C31H22N3+. The zero-order valence-corrected chi connectivity index (χ0v) is 19.3. The maximum atomic E-state index is 7.62. The Morgan fingerprint density at radius 3 is 2.41 bits per heavy atom. The standard InChI is InChI=1S/C31H22N3/c1-18-14-25-24-11-10-23(32-3)17-26(24)34-27-16-22(20-8-6-5-7-9-20)15-21-12-13-33(4)31(29(21)27)28(19(18)2)30(25)34/h5-17H,1-2,4H3/q+1. The van der Waals surface area contributed by atoms with Gasteiger partial charge in [0.25, 0.3) is 0 Å². The van der Waals surface area contributed by atoms with E-state index in [1.807, 2.05) is 12.1 Å². The Morgan fingerprint density at radius 1 is 0.794 bits per heavy atom. The van der Waals surface area contributed by atoms with Crippen molar-refractivity contribution in [3.8, 4) is 11.1 Å². The minimum absolute atomic E-state index is 0.668. The van der Waals surface area contributed by atoms with Gasteiger partial charge in [-0.2, -0.15) is 0 Å². The van der Waals surface area contributed by atoms with Crippen molar-refractivity contribution in [2.45, 2.75) is 13.8 Å². The van der Waals surface area contributed by atoms with Crippen LogP contribution in [0.1, 0.15) is 11.1 Å². The quantitative estimate of drug-likeness (QED) is 0.108. The van der Waals surface area contributed by atoms with Gasteiger partial charge in [0.1, 0.15) is 7.05 Å². The van der Waals surface area contributed by atoms with Crippen molar-refractivity contribution in [2.24, 2.45) is 7.05 Å². The van der Waals surface area contributed by atoms with Gasteiger partial charge in [-0.05, 0) is 65.8 Å². The molecule has 0 saturated heterocycles. The summed E-state index contributed by atoms with van der Waals surface area (Å²) in [6, 6.07) is 25.9. The van der Waals surface area contributed by atoms with Crippen LogP contribution in [0.2, 0.25) is 0 Å². The van der Waals surface area contributed by atoms with Crippen LogP contribution in [-0.4, -0.2) is 4.40 Å². The topological polar surface area (TPSA) is 12.6 Å². The van der Waals surface area contributed by atoms with E-state index in [1.54, 1.807) is 0 Å². The zero-order chi connectivity index (χ0) is 23.1. The Balaban J connectivity index is 1.86. The number of aryl methyl sites for hydroxylation is 3. The average Bonchev–Trinajstić information content (AvgIpc) is 3.19. The van der Waals surface area contributed by atoms with Crippen LogP contribution >= 0.6 is 0 Å². The van der Waals surface area contributed by atoms with E-state index >= 15 is 0 Å². The largest absolute Gasteiger partial charge is 0.309 e. The fraction of sp³-hybridized carbons (Fsp3) is 0.0968. The van der Waals surface area contributed by atoms with Gasteiger partial charge in [-0.1, -0.05) is 42.5 Å². The molecule has 7 aromatic rings. The molecule has 3 nitrogen and oxygen atoms in total. The first kappa shape index (κ1) is 19.1. The van der Waals surface area contributed by atoms with Crippen molar-refractivity contribution in [3.05, 3.63) is 102 Å². The highest BCUT2D eigenvalue weighted by Crippen LogP contribution is 2.43. The summed E-state index contributed by atoms with van der Waals surface area (Å²) in [7, 11) is 2.15. The van der Waals surface area contributed by atoms with Crippen molar-refractivity contribution in [1.29, 1.82) is 0 Å². The van der Waals surface area contributed by atoms with Gasteiger partial charge in [0, 0.05) is 22.4 Å². The number of hydrogen-bond donors (Lipinski definition) is 0. The third-order valence-electron chi connectivity index (χ3n) is 7.48. The highest BCUT2D eigenvalue weighted by molar-refractivity contribution is 6.26. The summed E-state index contributed by atoms with van der Waals surface area (Å²) in [6.45, 7) is 12.1. The SMILES string of the molecule is [C-]#[N+]c1ccc2c3cc(C)c(C)c4c3n(c2c1)c1cc(-c2ccccc2)cc2cc[n+](C)c4c21. The number of aromatic nitrogens is 2. The molecule has 0 aliphatic heterocycles. The normalized spacial score (nSPS) is 11.9. The molecule has 160 valence electrons. The minimum atomic E-state index is 0.668. The van der Waals surface area contributed by atoms with Gasteiger partial charge in [0.05, 0.1) is 28.4 Å². The van der Waals surface area contributed by atoms with Crippen molar-refractivity contribution in [2.75, 3.05) is 0 Å². The monoisotopic (exact) mass is 436 g/mol. The predicted molar refractivity (Wildman–Crippen MR) is 141 cm³/mol. The van der Waals surface area contributed by atoms with Crippen LogP contribution in [0.4, 0.5) is 5.69 Å². The molecule has 0 saturated carbocycles. The Kier molecular flexibility index (Phi) is 3.68. The molecule has 4 aromatic carbocycles. The summed E-state index contributed by atoms with van der Waals surface area (Å²) in [4.78, 5) is 3.75. The number of benzene rings is 4. The van der Waals surface area contributed by atoms with Gasteiger partial charge in [-0.25, -0.2) is 9.41 Å². The molecule has 0 amide bonds. The van der Waals surface area contributed by atoms with E-state index in [0.717, 1.165) is 5.52 Å². The van der Waals surface area contributed by atoms with E-state index in [9.17, 15) is 0 Å². The number of fused-ring (bicyclic) bond motifs is 5. The van der Waals surface area contributed by atoms with E-state index in [1.165, 1.54) is 65.7 Å². The van der Waals surface area contributed by atoms with Gasteiger partial charge < -0.3 is 4.40 Å². The lowest BCUT2D eigenvalue weighted by atomic mass is 9.94. The molecule has 3 aromatic heterocycles. The molecule has 0 N–H and O–H groups in total. The maximum Gasteiger partial charge on any atom is 0.224 e. The highest BCUT2D eigenvalue weighted by Gasteiger charge is 2.25. The van der Waals surface area contributed by atoms with E-state index in [4.69, 9.17) is 6.57 Å². The molecule has 0 radical (unpaired) electrons. The van der Waals surface area contributed by atoms with Crippen molar-refractivity contribution in [3.63, 3.8) is 0 Å². The highest BCUT2D eigenvalue weighted by atomic mass is 15.0. The lowest BCUT2D eigenvalue weighted by Crippen LogP contribution is -2.29. The average molecular weight is 437 g/mol. The summed E-state index contributed by atoms with van der Waals surface area (Å²) in [5.74, 6) is 0. The molecule has 3 heterocycles. The van der Waals surface area contributed by atoms with Crippen molar-refractivity contribution in [1.82, 2.24) is 4.40 Å². The van der Waals surface area contributed by atoms with Gasteiger partial charge >= 0.3 is 0 Å². The van der Waals surface area contributed by atoms with E-state index < -0.39 is 0 Å². The second-order valence-corrected chi connectivity index (χ2v) is 9.34. The van der Waals surface area contributed by atoms with E-state index in [0.29, 0.717) is 5.69 Å². The van der Waals surface area contributed by atoms with E-state index in [2.05, 4.69) is 102 Å². The number of hydrogen-bond acceptors (Lipinski definition) is 0. The second-order valence-electron chi connectivity index (χ2n) is 9.34. The van der Waals surface area contributed by atoms with Crippen LogP contribution in [0.15, 0.2) is 79.0 Å². The minimum Gasteiger partial charge on any atom is -0.309 e. The first-order chi connectivity index (χ1) is 16.6. The molecule has 0 unspecified atom stereocenters. The third-order valence-corrected chi connectivity index (χ3v) is 7.48. The van der Waals surface area contributed by atoms with Crippen molar-refractivity contribution < 1.29 is 4.57 Å². The van der Waals surface area contributed by atoms with Crippen LogP contribution < -0.4 is 4.57 Å². The Labute approximate surface area is 197 Å². The second kappa shape index (κ2) is 6.56. The molecule has 0 spiro atoms. The summed E-state index contributed by atoms with van der Waals surface area (Å²) >= 11 is 0. The molecule has 3 heteroatoms. The number of rotatable bonds is 1. The predicted octanol–water partition coefficient (Wildman–Crippen LogP) is 7.65. The Morgan fingerprint density at radius 2 is 1.62 bits per heavy atom. The fourth-order valence-electron chi connectivity index (χ4n) is 5.76. The molecular weight excluding hydrogens is 414 g/mol. The molecule has 0 aliphatic carbocycles. The van der Waals surface area contributed by atoms with Gasteiger partial charge in [0.15, 0.2) is 11.9 Å². The smallest absolute Gasteiger partial charge is 0.224 e. The van der Waals surface area contributed by atoms with Crippen LogP contribution in [0, 0.1) is 20.4 Å². The zero-order valence-electron chi connectivity index (χ0n) is 19.3. The summed E-state index contributed by atoms with van der Waals surface area (Å²) in [5.41, 5.74) is 10.4. The van der Waals surface area contributed by atoms with Crippen LogP contribution in [0.25, 0.3) is 65.0 Å². The van der Waals surface area contributed by atoms with Crippen LogP contribution in [-0.2, 0) is 7.05 Å². The van der Waals surface area contributed by atoms with Crippen LogP contribution in [0.5, 0.6) is 0 Å². The molecule has 0 aliphatic rings. The molecule has 0 fully saturated rings.